The molecule has 0 radical (unpaired) electrons. The Morgan fingerprint density at radius 2 is 1.26 bits per heavy atom. The summed E-state index contributed by atoms with van der Waals surface area (Å²) >= 11 is 0. The molecule has 0 aliphatic carbocycles. The standard InChI is InChI=1S/C6H7N.C4H6O2S.H2O4S/c7-6-4-2-1-3-5-6;1-3-7(5,6)4-2;1-5(2,3)4/h1-5H,7H2;3-4H,1-2H2;(H2,1,2,3,4). The lowest BCUT2D eigenvalue weighted by Crippen LogP contribution is -1.89. The summed E-state index contributed by atoms with van der Waals surface area (Å²) in [5.41, 5.74) is 6.18. The molecule has 1 aromatic rings. The van der Waals surface area contributed by atoms with E-state index in [1.807, 2.05) is 30.3 Å². The molecule has 0 unspecified atom stereocenters. The average molecular weight is 309 g/mol. The molecule has 0 saturated carbocycles. The van der Waals surface area contributed by atoms with E-state index in [-0.39, 0.29) is 0 Å². The van der Waals surface area contributed by atoms with E-state index in [1.54, 1.807) is 0 Å². The number of hydrogen-bond donors (Lipinski definition) is 3. The summed E-state index contributed by atoms with van der Waals surface area (Å²) in [4.78, 5) is 0. The van der Waals surface area contributed by atoms with Crippen LogP contribution in [0.1, 0.15) is 0 Å². The van der Waals surface area contributed by atoms with E-state index >= 15 is 0 Å². The van der Waals surface area contributed by atoms with Crippen molar-refractivity contribution in [2.24, 2.45) is 0 Å². The lowest BCUT2D eigenvalue weighted by Gasteiger charge is -1.83. The summed E-state index contributed by atoms with van der Waals surface area (Å²) in [6, 6.07) is 9.49. The van der Waals surface area contributed by atoms with Crippen molar-refractivity contribution in [2.45, 2.75) is 0 Å². The minimum atomic E-state index is -4.67. The normalized spacial score (nSPS) is 10.0. The van der Waals surface area contributed by atoms with Crippen molar-refractivity contribution in [3.05, 3.63) is 54.3 Å². The molecule has 0 atom stereocenters. The second kappa shape index (κ2) is 9.28. The molecule has 0 aliphatic rings. The van der Waals surface area contributed by atoms with Crippen LogP contribution >= 0.6 is 0 Å². The smallest absolute Gasteiger partial charge is 0.394 e. The van der Waals surface area contributed by atoms with Crippen LogP contribution < -0.4 is 5.73 Å². The van der Waals surface area contributed by atoms with Crippen molar-refractivity contribution in [3.63, 3.8) is 0 Å². The predicted octanol–water partition coefficient (Wildman–Crippen LogP) is 1.30. The fraction of sp³-hybridized carbons (Fsp3) is 0. The van der Waals surface area contributed by atoms with Gasteiger partial charge in [0.2, 0.25) is 0 Å². The van der Waals surface area contributed by atoms with E-state index in [2.05, 4.69) is 13.2 Å². The third kappa shape index (κ3) is 22.0. The molecule has 108 valence electrons. The Kier molecular flexibility index (Phi) is 9.60. The van der Waals surface area contributed by atoms with Gasteiger partial charge in [-0.05, 0) is 12.1 Å². The van der Waals surface area contributed by atoms with Crippen LogP contribution in [0.3, 0.4) is 0 Å². The fourth-order valence-corrected chi connectivity index (χ4v) is 0.657. The van der Waals surface area contributed by atoms with Gasteiger partial charge in [0, 0.05) is 16.5 Å². The summed E-state index contributed by atoms with van der Waals surface area (Å²) in [5.74, 6) is 0. The van der Waals surface area contributed by atoms with Gasteiger partial charge in [-0.2, -0.15) is 8.42 Å². The van der Waals surface area contributed by atoms with Crippen molar-refractivity contribution in [3.8, 4) is 0 Å². The number of rotatable bonds is 2. The Balaban J connectivity index is 0. The molecule has 0 amide bonds. The topological polar surface area (TPSA) is 135 Å². The first-order chi connectivity index (χ1) is 8.52. The van der Waals surface area contributed by atoms with Crippen LogP contribution in [0.4, 0.5) is 5.69 Å². The van der Waals surface area contributed by atoms with Crippen LogP contribution in [0, 0.1) is 0 Å². The van der Waals surface area contributed by atoms with Crippen LogP contribution in [0.5, 0.6) is 0 Å². The number of nitrogens with two attached hydrogens (primary N) is 1. The zero-order valence-electron chi connectivity index (χ0n) is 9.88. The van der Waals surface area contributed by atoms with Crippen molar-refractivity contribution in [1.82, 2.24) is 0 Å². The Morgan fingerprint density at radius 1 is 0.947 bits per heavy atom. The zero-order valence-corrected chi connectivity index (χ0v) is 11.5. The number of benzene rings is 1. The van der Waals surface area contributed by atoms with E-state index < -0.39 is 20.2 Å². The third-order valence-electron chi connectivity index (χ3n) is 1.26. The molecule has 4 N–H and O–H groups in total. The molecule has 9 heteroatoms. The van der Waals surface area contributed by atoms with Crippen LogP contribution in [0.25, 0.3) is 0 Å². The molecular weight excluding hydrogens is 294 g/mol. The fourth-order valence-electron chi connectivity index (χ4n) is 0.521. The van der Waals surface area contributed by atoms with Gasteiger partial charge in [-0.15, -0.1) is 0 Å². The number of para-hydroxylation sites is 1. The zero-order chi connectivity index (χ0) is 15.5. The highest BCUT2D eigenvalue weighted by Gasteiger charge is 1.90. The Labute approximate surface area is 112 Å². The Morgan fingerprint density at radius 3 is 1.37 bits per heavy atom. The van der Waals surface area contributed by atoms with Gasteiger partial charge in [0.25, 0.3) is 0 Å². The molecule has 19 heavy (non-hydrogen) atoms. The molecule has 0 saturated heterocycles. The lowest BCUT2D eigenvalue weighted by atomic mass is 10.3. The van der Waals surface area contributed by atoms with Gasteiger partial charge in [0.05, 0.1) is 0 Å². The van der Waals surface area contributed by atoms with Crippen molar-refractivity contribution < 1.29 is 25.9 Å². The molecule has 0 fully saturated rings. The first kappa shape index (κ1) is 19.7. The highest BCUT2D eigenvalue weighted by atomic mass is 32.3. The number of nitrogen functional groups attached to an aromatic ring is 1. The van der Waals surface area contributed by atoms with Gasteiger partial charge in [-0.1, -0.05) is 31.4 Å². The monoisotopic (exact) mass is 309 g/mol. The molecule has 1 rings (SSSR count). The molecule has 0 aliphatic heterocycles. The Hall–Kier alpha value is -1.68. The van der Waals surface area contributed by atoms with Crippen molar-refractivity contribution >= 4 is 25.9 Å². The van der Waals surface area contributed by atoms with Gasteiger partial charge < -0.3 is 5.73 Å². The van der Waals surface area contributed by atoms with Gasteiger partial charge in [-0.25, -0.2) is 8.42 Å². The molecular formula is C10H15NO6S2. The molecule has 0 heterocycles. The van der Waals surface area contributed by atoms with Crippen LogP contribution in [0.15, 0.2) is 54.3 Å². The number of hydrogen-bond acceptors (Lipinski definition) is 5. The summed E-state index contributed by atoms with van der Waals surface area (Å²) in [7, 11) is -7.80. The molecule has 0 bridgehead atoms. The number of anilines is 1. The Bertz CT molecular complexity index is 556. The van der Waals surface area contributed by atoms with E-state index in [0.717, 1.165) is 16.5 Å². The van der Waals surface area contributed by atoms with Crippen molar-refractivity contribution in [2.75, 3.05) is 5.73 Å². The van der Waals surface area contributed by atoms with E-state index in [9.17, 15) is 8.42 Å². The van der Waals surface area contributed by atoms with Gasteiger partial charge in [0.15, 0.2) is 9.84 Å². The highest BCUT2D eigenvalue weighted by molar-refractivity contribution is 7.97. The third-order valence-corrected chi connectivity index (χ3v) is 2.19. The van der Waals surface area contributed by atoms with Crippen LogP contribution in [0.2, 0.25) is 0 Å². The summed E-state index contributed by atoms with van der Waals surface area (Å²) in [6.07, 6.45) is 0. The van der Waals surface area contributed by atoms with E-state index in [4.69, 9.17) is 23.3 Å². The van der Waals surface area contributed by atoms with Gasteiger partial charge in [0.1, 0.15) is 0 Å². The van der Waals surface area contributed by atoms with Crippen LogP contribution in [-0.2, 0) is 20.2 Å². The maximum absolute atomic E-state index is 10.1. The highest BCUT2D eigenvalue weighted by Crippen LogP contribution is 1.95. The first-order valence-electron chi connectivity index (χ1n) is 4.52. The lowest BCUT2D eigenvalue weighted by molar-refractivity contribution is 0.381. The quantitative estimate of drug-likeness (QED) is 0.553. The maximum Gasteiger partial charge on any atom is 0.394 e. The molecule has 7 nitrogen and oxygen atoms in total. The summed E-state index contributed by atoms with van der Waals surface area (Å²) in [5, 5.41) is 1.69. The molecule has 0 aromatic heterocycles. The van der Waals surface area contributed by atoms with Crippen LogP contribution in [-0.4, -0.2) is 25.9 Å². The first-order valence-corrected chi connectivity index (χ1v) is 7.53. The van der Waals surface area contributed by atoms with Gasteiger partial charge in [-0.3, -0.25) is 9.11 Å². The number of sulfone groups is 1. The maximum atomic E-state index is 10.1. The minimum absolute atomic E-state index is 0.822. The van der Waals surface area contributed by atoms with E-state index in [1.165, 1.54) is 0 Å². The SMILES string of the molecule is C=CS(=O)(=O)C=C.Nc1ccccc1.O=S(=O)(O)O. The minimum Gasteiger partial charge on any atom is -0.399 e. The largest absolute Gasteiger partial charge is 0.399 e. The molecule has 0 spiro atoms. The molecule has 1 aromatic carbocycles. The van der Waals surface area contributed by atoms with E-state index in [0.29, 0.717) is 0 Å². The predicted molar refractivity (Wildman–Crippen MR) is 74.3 cm³/mol. The summed E-state index contributed by atoms with van der Waals surface area (Å²) in [6.45, 7) is 6.09. The second-order valence-electron chi connectivity index (χ2n) is 2.78. The second-order valence-corrected chi connectivity index (χ2v) is 5.52. The summed E-state index contributed by atoms with van der Waals surface area (Å²) < 4.78 is 51.8. The average Bonchev–Trinajstić information content (AvgIpc) is 2.29. The van der Waals surface area contributed by atoms with Gasteiger partial charge >= 0.3 is 10.4 Å². The van der Waals surface area contributed by atoms with Crippen molar-refractivity contribution in [1.29, 1.82) is 0 Å².